The molecule has 11 heavy (non-hydrogen) atoms. The van der Waals surface area contributed by atoms with Gasteiger partial charge in [0.1, 0.15) is 6.29 Å². The van der Waals surface area contributed by atoms with Crippen LogP contribution in [0.4, 0.5) is 0 Å². The maximum absolute atomic E-state index is 10.2. The fraction of sp³-hybridized carbons (Fsp3) is 0.300. The Hall–Kier alpha value is -1.29. The summed E-state index contributed by atoms with van der Waals surface area (Å²) < 4.78 is 0. The van der Waals surface area contributed by atoms with Crippen LogP contribution in [0.3, 0.4) is 0 Å². The van der Waals surface area contributed by atoms with Crippen LogP contribution in [0.15, 0.2) is 24.8 Å². The van der Waals surface area contributed by atoms with Crippen LogP contribution in [0.5, 0.6) is 0 Å². The molecule has 0 unspecified atom stereocenters. The van der Waals surface area contributed by atoms with Crippen molar-refractivity contribution < 1.29 is 4.79 Å². The minimum Gasteiger partial charge on any atom is -0.303 e. The van der Waals surface area contributed by atoms with Crippen LogP contribution in [0, 0.1) is 23.7 Å². The molecule has 1 saturated carbocycles. The molecule has 1 fully saturated rings. The van der Waals surface area contributed by atoms with E-state index >= 15 is 0 Å². The number of hydrogen-bond donors (Lipinski definition) is 0. The first-order valence-electron chi connectivity index (χ1n) is 3.62. The lowest BCUT2D eigenvalue weighted by molar-refractivity contribution is -0.109. The van der Waals surface area contributed by atoms with Crippen LogP contribution in [0.1, 0.15) is 6.42 Å². The standard InChI is InChI=1S/C10H10O/c1-2-3-4-5-6-9-7-10(9)8-11/h2,5-6,8-10H,1,7H2/b6-5+/t9-,10-/m1/s1. The van der Waals surface area contributed by atoms with E-state index in [0.29, 0.717) is 5.92 Å². The van der Waals surface area contributed by atoms with E-state index in [2.05, 4.69) is 18.4 Å². The first kappa shape index (κ1) is 7.81. The van der Waals surface area contributed by atoms with E-state index < -0.39 is 0 Å². The first-order chi connectivity index (χ1) is 5.38. The van der Waals surface area contributed by atoms with E-state index in [-0.39, 0.29) is 5.92 Å². The molecule has 1 rings (SSSR count). The lowest BCUT2D eigenvalue weighted by Gasteiger charge is -1.76. The molecule has 0 aliphatic heterocycles. The van der Waals surface area contributed by atoms with Crippen LogP contribution in [0.2, 0.25) is 0 Å². The highest BCUT2D eigenvalue weighted by molar-refractivity contribution is 5.59. The molecule has 0 amide bonds. The highest BCUT2D eigenvalue weighted by atomic mass is 16.1. The van der Waals surface area contributed by atoms with Crippen molar-refractivity contribution in [3.8, 4) is 11.8 Å². The normalized spacial score (nSPS) is 27.3. The van der Waals surface area contributed by atoms with Gasteiger partial charge >= 0.3 is 0 Å². The molecule has 0 N–H and O–H groups in total. The summed E-state index contributed by atoms with van der Waals surface area (Å²) >= 11 is 0. The summed E-state index contributed by atoms with van der Waals surface area (Å²) in [5.41, 5.74) is 0. The van der Waals surface area contributed by atoms with Gasteiger partial charge in [-0.25, -0.2) is 0 Å². The molecule has 56 valence electrons. The lowest BCUT2D eigenvalue weighted by atomic mass is 10.3. The molecule has 1 aliphatic carbocycles. The summed E-state index contributed by atoms with van der Waals surface area (Å²) in [6.45, 7) is 3.46. The molecule has 2 atom stereocenters. The van der Waals surface area contributed by atoms with Crippen molar-refractivity contribution in [1.29, 1.82) is 0 Å². The van der Waals surface area contributed by atoms with Crippen LogP contribution in [-0.2, 0) is 4.79 Å². The van der Waals surface area contributed by atoms with Gasteiger partial charge in [0.15, 0.2) is 0 Å². The van der Waals surface area contributed by atoms with Gasteiger partial charge in [0.2, 0.25) is 0 Å². The van der Waals surface area contributed by atoms with Gasteiger partial charge in [-0.15, -0.1) is 0 Å². The summed E-state index contributed by atoms with van der Waals surface area (Å²) in [5.74, 6) is 6.20. The predicted octanol–water partition coefficient (Wildman–Crippen LogP) is 1.57. The van der Waals surface area contributed by atoms with Crippen molar-refractivity contribution in [1.82, 2.24) is 0 Å². The summed E-state index contributed by atoms with van der Waals surface area (Å²) in [6.07, 6.45) is 7.32. The second-order valence-corrected chi connectivity index (χ2v) is 2.55. The molecule has 1 aliphatic rings. The Balaban J connectivity index is 2.27. The van der Waals surface area contributed by atoms with E-state index in [4.69, 9.17) is 0 Å². The topological polar surface area (TPSA) is 17.1 Å². The minimum absolute atomic E-state index is 0.261. The molecule has 1 heteroatoms. The van der Waals surface area contributed by atoms with E-state index in [1.165, 1.54) is 0 Å². The largest absolute Gasteiger partial charge is 0.303 e. The lowest BCUT2D eigenvalue weighted by Crippen LogP contribution is -1.76. The Kier molecular flexibility index (Phi) is 2.68. The Morgan fingerprint density at radius 1 is 1.36 bits per heavy atom. The SMILES string of the molecule is C=CC#C/C=C/[C@@H]1C[C@@H]1C=O. The molecule has 0 radical (unpaired) electrons. The number of hydrogen-bond acceptors (Lipinski definition) is 1. The highest BCUT2D eigenvalue weighted by Crippen LogP contribution is 2.37. The molecular weight excluding hydrogens is 136 g/mol. The third kappa shape index (κ3) is 2.43. The molecule has 0 bridgehead atoms. The molecule has 0 aromatic heterocycles. The Labute approximate surface area is 66.8 Å². The first-order valence-corrected chi connectivity index (χ1v) is 3.62. The van der Waals surface area contributed by atoms with Gasteiger partial charge in [-0.05, 0) is 24.5 Å². The van der Waals surface area contributed by atoms with Gasteiger partial charge in [-0.1, -0.05) is 24.5 Å². The number of aldehydes is 1. The van der Waals surface area contributed by atoms with Crippen LogP contribution >= 0.6 is 0 Å². The number of carbonyl (C=O) groups excluding carboxylic acids is 1. The van der Waals surface area contributed by atoms with Crippen LogP contribution < -0.4 is 0 Å². The molecule has 0 aromatic rings. The maximum Gasteiger partial charge on any atom is 0.123 e. The maximum atomic E-state index is 10.2. The fourth-order valence-electron chi connectivity index (χ4n) is 0.892. The van der Waals surface area contributed by atoms with Crippen molar-refractivity contribution in [2.75, 3.05) is 0 Å². The quantitative estimate of drug-likeness (QED) is 0.427. The van der Waals surface area contributed by atoms with Gasteiger partial charge in [-0.2, -0.15) is 0 Å². The monoisotopic (exact) mass is 146 g/mol. The summed E-state index contributed by atoms with van der Waals surface area (Å²) in [6, 6.07) is 0. The average molecular weight is 146 g/mol. The number of rotatable bonds is 2. The summed E-state index contributed by atoms with van der Waals surface area (Å²) in [4.78, 5) is 10.2. The minimum atomic E-state index is 0.261. The van der Waals surface area contributed by atoms with Gasteiger partial charge < -0.3 is 4.79 Å². The van der Waals surface area contributed by atoms with Crippen molar-refractivity contribution in [3.63, 3.8) is 0 Å². The molecule has 0 aromatic carbocycles. The zero-order valence-corrected chi connectivity index (χ0v) is 6.29. The summed E-state index contributed by atoms with van der Waals surface area (Å²) in [5, 5.41) is 0. The third-order valence-corrected chi connectivity index (χ3v) is 1.68. The van der Waals surface area contributed by atoms with Crippen molar-refractivity contribution in [3.05, 3.63) is 24.8 Å². The number of carbonyl (C=O) groups is 1. The van der Waals surface area contributed by atoms with Gasteiger partial charge in [0, 0.05) is 5.92 Å². The van der Waals surface area contributed by atoms with E-state index in [1.807, 2.05) is 6.08 Å². The summed E-state index contributed by atoms with van der Waals surface area (Å²) in [7, 11) is 0. The van der Waals surface area contributed by atoms with Crippen LogP contribution in [0.25, 0.3) is 0 Å². The van der Waals surface area contributed by atoms with Gasteiger partial charge in [0.25, 0.3) is 0 Å². The third-order valence-electron chi connectivity index (χ3n) is 1.68. The second kappa shape index (κ2) is 3.78. The highest BCUT2D eigenvalue weighted by Gasteiger charge is 2.33. The van der Waals surface area contributed by atoms with Crippen molar-refractivity contribution in [2.45, 2.75) is 6.42 Å². The fourth-order valence-corrected chi connectivity index (χ4v) is 0.892. The predicted molar refractivity (Wildman–Crippen MR) is 44.8 cm³/mol. The van der Waals surface area contributed by atoms with Gasteiger partial charge in [0.05, 0.1) is 0 Å². The van der Waals surface area contributed by atoms with E-state index in [9.17, 15) is 4.79 Å². The molecular formula is C10H10O. The molecule has 0 heterocycles. The Morgan fingerprint density at radius 2 is 2.18 bits per heavy atom. The van der Waals surface area contributed by atoms with E-state index in [1.54, 1.807) is 12.2 Å². The Bertz CT molecular complexity index is 239. The van der Waals surface area contributed by atoms with E-state index in [0.717, 1.165) is 12.7 Å². The van der Waals surface area contributed by atoms with Crippen LogP contribution in [-0.4, -0.2) is 6.29 Å². The molecule has 0 spiro atoms. The Morgan fingerprint density at radius 3 is 2.73 bits per heavy atom. The molecule has 1 nitrogen and oxygen atoms in total. The second-order valence-electron chi connectivity index (χ2n) is 2.55. The van der Waals surface area contributed by atoms with Crippen molar-refractivity contribution >= 4 is 6.29 Å². The smallest absolute Gasteiger partial charge is 0.123 e. The zero-order chi connectivity index (χ0) is 8.10. The van der Waals surface area contributed by atoms with Crippen molar-refractivity contribution in [2.24, 2.45) is 11.8 Å². The average Bonchev–Trinajstić information content (AvgIpc) is 2.77. The number of allylic oxidation sites excluding steroid dienone is 3. The van der Waals surface area contributed by atoms with Gasteiger partial charge in [-0.3, -0.25) is 0 Å². The molecule has 0 saturated heterocycles. The zero-order valence-electron chi connectivity index (χ0n) is 6.29.